The van der Waals surface area contributed by atoms with Gasteiger partial charge in [-0.3, -0.25) is 0 Å². The standard InChI is InChI=1S/C13H19NO3S/c1-2-17-11-5-6-12(14)13(9-11)18(15,16)8-7-10-3-4-10/h5-6,9-10H,2-4,7-8,14H2,1H3. The van der Waals surface area contributed by atoms with Crippen LogP contribution in [0.3, 0.4) is 0 Å². The van der Waals surface area contributed by atoms with Gasteiger partial charge in [-0.05, 0) is 31.4 Å². The molecule has 0 radical (unpaired) electrons. The molecule has 0 bridgehead atoms. The Hall–Kier alpha value is -1.23. The minimum atomic E-state index is -3.29. The van der Waals surface area contributed by atoms with E-state index < -0.39 is 9.84 Å². The molecular weight excluding hydrogens is 250 g/mol. The van der Waals surface area contributed by atoms with E-state index in [1.807, 2.05) is 6.92 Å². The molecule has 1 aromatic rings. The Morgan fingerprint density at radius 1 is 1.39 bits per heavy atom. The van der Waals surface area contributed by atoms with Crippen molar-refractivity contribution in [3.8, 4) is 5.75 Å². The van der Waals surface area contributed by atoms with Crippen LogP contribution in [0.4, 0.5) is 5.69 Å². The van der Waals surface area contributed by atoms with E-state index in [2.05, 4.69) is 0 Å². The van der Waals surface area contributed by atoms with E-state index in [4.69, 9.17) is 10.5 Å². The van der Waals surface area contributed by atoms with Crippen LogP contribution < -0.4 is 10.5 Å². The lowest BCUT2D eigenvalue weighted by Gasteiger charge is -2.10. The molecule has 0 spiro atoms. The van der Waals surface area contributed by atoms with E-state index in [-0.39, 0.29) is 10.6 Å². The van der Waals surface area contributed by atoms with Gasteiger partial charge in [0.25, 0.3) is 0 Å². The Morgan fingerprint density at radius 3 is 2.72 bits per heavy atom. The van der Waals surface area contributed by atoms with Crippen molar-refractivity contribution in [1.29, 1.82) is 0 Å². The molecule has 1 aliphatic rings. The van der Waals surface area contributed by atoms with Crippen molar-refractivity contribution in [2.45, 2.75) is 31.1 Å². The van der Waals surface area contributed by atoms with Gasteiger partial charge in [0.2, 0.25) is 0 Å². The Balaban J connectivity index is 2.20. The lowest BCUT2D eigenvalue weighted by atomic mass is 10.3. The highest BCUT2D eigenvalue weighted by Crippen LogP contribution is 2.34. The zero-order valence-corrected chi connectivity index (χ0v) is 11.4. The summed E-state index contributed by atoms with van der Waals surface area (Å²) in [5, 5.41) is 0. The van der Waals surface area contributed by atoms with Gasteiger partial charge < -0.3 is 10.5 Å². The second-order valence-corrected chi connectivity index (χ2v) is 6.76. The molecule has 1 fully saturated rings. The number of nitrogen functional groups attached to an aromatic ring is 1. The van der Waals surface area contributed by atoms with Crippen molar-refractivity contribution >= 4 is 15.5 Å². The van der Waals surface area contributed by atoms with Gasteiger partial charge in [0.05, 0.1) is 22.9 Å². The van der Waals surface area contributed by atoms with Crippen molar-refractivity contribution in [1.82, 2.24) is 0 Å². The summed E-state index contributed by atoms with van der Waals surface area (Å²) in [6, 6.07) is 4.81. The maximum Gasteiger partial charge on any atom is 0.180 e. The molecule has 0 amide bonds. The molecule has 1 saturated carbocycles. The van der Waals surface area contributed by atoms with Gasteiger partial charge in [0.1, 0.15) is 5.75 Å². The summed E-state index contributed by atoms with van der Waals surface area (Å²) in [6.07, 6.45) is 3.05. The van der Waals surface area contributed by atoms with E-state index >= 15 is 0 Å². The maximum atomic E-state index is 12.2. The van der Waals surface area contributed by atoms with Gasteiger partial charge in [-0.1, -0.05) is 12.8 Å². The fourth-order valence-corrected chi connectivity index (χ4v) is 3.47. The van der Waals surface area contributed by atoms with Gasteiger partial charge in [-0.2, -0.15) is 0 Å². The van der Waals surface area contributed by atoms with Gasteiger partial charge in [0, 0.05) is 6.07 Å². The van der Waals surface area contributed by atoms with Crippen LogP contribution in [-0.2, 0) is 9.84 Å². The molecule has 4 nitrogen and oxygen atoms in total. The van der Waals surface area contributed by atoms with E-state index in [9.17, 15) is 8.42 Å². The smallest absolute Gasteiger partial charge is 0.180 e. The SMILES string of the molecule is CCOc1ccc(N)c(S(=O)(=O)CCC2CC2)c1. The van der Waals surface area contributed by atoms with Gasteiger partial charge >= 0.3 is 0 Å². The number of hydrogen-bond donors (Lipinski definition) is 1. The van der Waals surface area contributed by atoms with Crippen LogP contribution in [0.25, 0.3) is 0 Å². The number of ether oxygens (including phenoxy) is 1. The molecule has 5 heteroatoms. The second kappa shape index (κ2) is 5.18. The monoisotopic (exact) mass is 269 g/mol. The number of hydrogen-bond acceptors (Lipinski definition) is 4. The largest absolute Gasteiger partial charge is 0.494 e. The molecule has 0 saturated heterocycles. The van der Waals surface area contributed by atoms with Crippen LogP contribution in [0.15, 0.2) is 23.1 Å². The molecule has 1 aliphatic carbocycles. The molecule has 2 rings (SSSR count). The Kier molecular flexibility index (Phi) is 3.80. The molecule has 100 valence electrons. The average Bonchev–Trinajstić information content (AvgIpc) is 3.13. The Morgan fingerprint density at radius 2 is 2.11 bits per heavy atom. The third-order valence-electron chi connectivity index (χ3n) is 3.12. The van der Waals surface area contributed by atoms with Gasteiger partial charge in [0.15, 0.2) is 9.84 Å². The van der Waals surface area contributed by atoms with Crippen molar-refractivity contribution in [2.24, 2.45) is 5.92 Å². The van der Waals surface area contributed by atoms with Gasteiger partial charge in [-0.15, -0.1) is 0 Å². The lowest BCUT2D eigenvalue weighted by molar-refractivity contribution is 0.339. The number of anilines is 1. The predicted octanol–water partition coefficient (Wildman–Crippen LogP) is 2.24. The molecule has 0 atom stereocenters. The molecule has 0 heterocycles. The minimum Gasteiger partial charge on any atom is -0.494 e. The first kappa shape index (κ1) is 13.2. The van der Waals surface area contributed by atoms with Crippen LogP contribution in [0.5, 0.6) is 5.75 Å². The minimum absolute atomic E-state index is 0.178. The fraction of sp³-hybridized carbons (Fsp3) is 0.538. The third kappa shape index (κ3) is 3.16. The topological polar surface area (TPSA) is 69.4 Å². The molecule has 0 aliphatic heterocycles. The first-order valence-electron chi connectivity index (χ1n) is 6.28. The van der Waals surface area contributed by atoms with Crippen molar-refractivity contribution in [3.05, 3.63) is 18.2 Å². The summed E-state index contributed by atoms with van der Waals surface area (Å²) in [5.74, 6) is 1.32. The quantitative estimate of drug-likeness (QED) is 0.804. The van der Waals surface area contributed by atoms with Crippen LogP contribution >= 0.6 is 0 Å². The highest BCUT2D eigenvalue weighted by atomic mass is 32.2. The fourth-order valence-electron chi connectivity index (χ4n) is 1.88. The molecule has 2 N–H and O–H groups in total. The van der Waals surface area contributed by atoms with Crippen molar-refractivity contribution in [3.63, 3.8) is 0 Å². The number of benzene rings is 1. The lowest BCUT2D eigenvalue weighted by Crippen LogP contribution is -2.10. The third-order valence-corrected chi connectivity index (χ3v) is 4.92. The van der Waals surface area contributed by atoms with E-state index in [0.717, 1.165) is 19.3 Å². The highest BCUT2D eigenvalue weighted by Gasteiger charge is 2.26. The first-order chi connectivity index (χ1) is 8.53. The van der Waals surface area contributed by atoms with Crippen LogP contribution in [0, 0.1) is 5.92 Å². The van der Waals surface area contributed by atoms with E-state index in [0.29, 0.717) is 24.0 Å². The van der Waals surface area contributed by atoms with E-state index in [1.54, 1.807) is 12.1 Å². The molecule has 1 aromatic carbocycles. The van der Waals surface area contributed by atoms with Crippen LogP contribution in [0.2, 0.25) is 0 Å². The second-order valence-electron chi connectivity index (χ2n) is 4.68. The zero-order valence-electron chi connectivity index (χ0n) is 10.6. The van der Waals surface area contributed by atoms with Crippen LogP contribution in [0.1, 0.15) is 26.2 Å². The number of nitrogens with two attached hydrogens (primary N) is 1. The molecule has 0 unspecified atom stereocenters. The van der Waals surface area contributed by atoms with Crippen molar-refractivity contribution < 1.29 is 13.2 Å². The molecule has 0 aromatic heterocycles. The van der Waals surface area contributed by atoms with E-state index in [1.165, 1.54) is 6.07 Å². The normalized spacial score (nSPS) is 15.6. The summed E-state index contributed by atoms with van der Waals surface area (Å²) in [7, 11) is -3.29. The summed E-state index contributed by atoms with van der Waals surface area (Å²) in [6.45, 7) is 2.36. The zero-order chi connectivity index (χ0) is 13.2. The summed E-state index contributed by atoms with van der Waals surface area (Å²) in [4.78, 5) is 0.203. The summed E-state index contributed by atoms with van der Waals surface area (Å²) in [5.41, 5.74) is 6.06. The average molecular weight is 269 g/mol. The Bertz CT molecular complexity index is 521. The maximum absolute atomic E-state index is 12.2. The highest BCUT2D eigenvalue weighted by molar-refractivity contribution is 7.91. The predicted molar refractivity (Wildman–Crippen MR) is 71.4 cm³/mol. The first-order valence-corrected chi connectivity index (χ1v) is 7.93. The number of sulfone groups is 1. The summed E-state index contributed by atoms with van der Waals surface area (Å²) < 4.78 is 29.7. The Labute approximate surface area is 108 Å². The van der Waals surface area contributed by atoms with Crippen molar-refractivity contribution in [2.75, 3.05) is 18.1 Å². The van der Waals surface area contributed by atoms with Gasteiger partial charge in [-0.25, -0.2) is 8.42 Å². The summed E-state index contributed by atoms with van der Waals surface area (Å²) >= 11 is 0. The number of rotatable bonds is 6. The van der Waals surface area contributed by atoms with Crippen LogP contribution in [-0.4, -0.2) is 20.8 Å². The molecule has 18 heavy (non-hydrogen) atoms. The molecular formula is C13H19NO3S.